The van der Waals surface area contributed by atoms with Gasteiger partial charge in [-0.05, 0) is 61.9 Å². The van der Waals surface area contributed by atoms with Crippen molar-refractivity contribution < 1.29 is 14.6 Å². The van der Waals surface area contributed by atoms with Crippen LogP contribution < -0.4 is 5.32 Å². The molecule has 0 saturated carbocycles. The van der Waals surface area contributed by atoms with Crippen LogP contribution in [-0.4, -0.2) is 48.4 Å². The number of anilines is 1. The number of amides is 1. The second kappa shape index (κ2) is 8.76. The summed E-state index contributed by atoms with van der Waals surface area (Å²) in [6.07, 6.45) is 3.31. The van der Waals surface area contributed by atoms with Crippen molar-refractivity contribution in [3.05, 3.63) is 54.1 Å². The minimum absolute atomic E-state index is 0.0137. The standard InChI is InChI=1S/C23H28N2O3/c26-14-4-5-17-8-9-20(18-6-2-1-3-7-18)21(15-17)24-23(27)28-22-16-25-12-10-19(22)11-13-25/h1-3,6-9,15,19,22,26H,4-5,10-14,16H2,(H,24,27)/t22-/m0/s1. The Bertz CT molecular complexity index is 801. The number of ether oxygens (including phenoxy) is 1. The van der Waals surface area contributed by atoms with Crippen LogP contribution >= 0.6 is 0 Å². The van der Waals surface area contributed by atoms with Crippen molar-refractivity contribution in [3.63, 3.8) is 0 Å². The molecule has 0 aromatic heterocycles. The van der Waals surface area contributed by atoms with Crippen LogP contribution in [0.2, 0.25) is 0 Å². The van der Waals surface area contributed by atoms with Crippen molar-refractivity contribution in [2.24, 2.45) is 5.92 Å². The summed E-state index contributed by atoms with van der Waals surface area (Å²) in [7, 11) is 0. The molecule has 2 N–H and O–H groups in total. The maximum atomic E-state index is 12.7. The molecule has 3 fully saturated rings. The molecule has 0 aliphatic carbocycles. The number of aliphatic hydroxyl groups excluding tert-OH is 1. The summed E-state index contributed by atoms with van der Waals surface area (Å²) in [5.74, 6) is 0.486. The Morgan fingerprint density at radius 2 is 1.93 bits per heavy atom. The Labute approximate surface area is 166 Å². The normalized spacial score (nSPS) is 23.4. The second-order valence-electron chi connectivity index (χ2n) is 7.78. The summed E-state index contributed by atoms with van der Waals surface area (Å²) >= 11 is 0. The van der Waals surface area contributed by atoms with Gasteiger partial charge in [-0.2, -0.15) is 0 Å². The first kappa shape index (κ1) is 19.0. The lowest BCUT2D eigenvalue weighted by molar-refractivity contribution is -0.0289. The van der Waals surface area contributed by atoms with E-state index in [0.29, 0.717) is 12.3 Å². The van der Waals surface area contributed by atoms with Crippen LogP contribution in [0.4, 0.5) is 10.5 Å². The second-order valence-corrected chi connectivity index (χ2v) is 7.78. The van der Waals surface area contributed by atoms with Crippen molar-refractivity contribution >= 4 is 11.8 Å². The summed E-state index contributed by atoms with van der Waals surface area (Å²) in [5, 5.41) is 12.1. The Morgan fingerprint density at radius 1 is 1.14 bits per heavy atom. The van der Waals surface area contributed by atoms with Crippen LogP contribution in [0.5, 0.6) is 0 Å². The summed E-state index contributed by atoms with van der Waals surface area (Å²) in [4.78, 5) is 15.1. The van der Waals surface area contributed by atoms with Gasteiger partial charge in [-0.25, -0.2) is 4.79 Å². The van der Waals surface area contributed by atoms with Gasteiger partial charge in [-0.1, -0.05) is 42.5 Å². The maximum Gasteiger partial charge on any atom is 0.411 e. The number of carbonyl (C=O) groups excluding carboxylic acids is 1. The van der Waals surface area contributed by atoms with E-state index < -0.39 is 0 Å². The Morgan fingerprint density at radius 3 is 2.61 bits per heavy atom. The molecular weight excluding hydrogens is 352 g/mol. The van der Waals surface area contributed by atoms with E-state index in [1.807, 2.05) is 42.5 Å². The number of nitrogens with one attached hydrogen (secondary N) is 1. The van der Waals surface area contributed by atoms with E-state index in [9.17, 15) is 4.79 Å². The quantitative estimate of drug-likeness (QED) is 0.797. The van der Waals surface area contributed by atoms with Gasteiger partial charge in [0.25, 0.3) is 0 Å². The summed E-state index contributed by atoms with van der Waals surface area (Å²) in [5.41, 5.74) is 3.87. The molecule has 1 amide bonds. The first-order valence-corrected chi connectivity index (χ1v) is 10.2. The van der Waals surface area contributed by atoms with Gasteiger partial charge in [0.05, 0.1) is 5.69 Å². The van der Waals surface area contributed by atoms with Crippen LogP contribution in [0.15, 0.2) is 48.5 Å². The number of fused-ring (bicyclic) bond motifs is 3. The largest absolute Gasteiger partial charge is 0.444 e. The van der Waals surface area contributed by atoms with Gasteiger partial charge < -0.3 is 9.84 Å². The molecule has 2 bridgehead atoms. The van der Waals surface area contributed by atoms with Gasteiger partial charge in [-0.3, -0.25) is 10.2 Å². The molecule has 5 heteroatoms. The number of rotatable bonds is 6. The number of piperidine rings is 3. The van der Waals surface area contributed by atoms with Crippen molar-refractivity contribution in [2.75, 3.05) is 31.6 Å². The third-order valence-corrected chi connectivity index (χ3v) is 5.88. The lowest BCUT2D eigenvalue weighted by Crippen LogP contribution is -2.52. The fourth-order valence-electron chi connectivity index (χ4n) is 4.32. The molecule has 3 aliphatic rings. The first-order chi connectivity index (χ1) is 13.7. The van der Waals surface area contributed by atoms with E-state index in [1.165, 1.54) is 0 Å². The smallest absolute Gasteiger partial charge is 0.411 e. The van der Waals surface area contributed by atoms with E-state index in [1.54, 1.807) is 0 Å². The molecule has 28 heavy (non-hydrogen) atoms. The number of benzene rings is 2. The number of hydrogen-bond acceptors (Lipinski definition) is 4. The number of hydrogen-bond donors (Lipinski definition) is 2. The van der Waals surface area contributed by atoms with Crippen LogP contribution in [0.3, 0.4) is 0 Å². The fraction of sp³-hybridized carbons (Fsp3) is 0.435. The van der Waals surface area contributed by atoms with Crippen molar-refractivity contribution in [3.8, 4) is 11.1 Å². The van der Waals surface area contributed by atoms with Crippen LogP contribution in [0.1, 0.15) is 24.8 Å². The van der Waals surface area contributed by atoms with E-state index in [2.05, 4.69) is 16.3 Å². The van der Waals surface area contributed by atoms with Crippen molar-refractivity contribution in [2.45, 2.75) is 31.8 Å². The topological polar surface area (TPSA) is 61.8 Å². The highest BCUT2D eigenvalue weighted by Gasteiger charge is 2.36. The molecule has 0 unspecified atom stereocenters. The summed E-state index contributed by atoms with van der Waals surface area (Å²) in [6, 6.07) is 16.1. The lowest BCUT2D eigenvalue weighted by atomic mass is 9.86. The highest BCUT2D eigenvalue weighted by molar-refractivity contribution is 5.91. The molecule has 148 valence electrons. The number of aryl methyl sites for hydroxylation is 1. The van der Waals surface area contributed by atoms with Crippen LogP contribution in [0, 0.1) is 5.92 Å². The highest BCUT2D eigenvalue weighted by Crippen LogP contribution is 2.32. The van der Waals surface area contributed by atoms with Crippen molar-refractivity contribution in [1.29, 1.82) is 0 Å². The number of aliphatic hydroxyl groups is 1. The zero-order valence-corrected chi connectivity index (χ0v) is 16.1. The van der Waals surface area contributed by atoms with E-state index in [4.69, 9.17) is 9.84 Å². The average Bonchev–Trinajstić information content (AvgIpc) is 2.74. The average molecular weight is 380 g/mol. The monoisotopic (exact) mass is 380 g/mol. The first-order valence-electron chi connectivity index (χ1n) is 10.2. The van der Waals surface area contributed by atoms with E-state index in [0.717, 1.165) is 61.3 Å². The van der Waals surface area contributed by atoms with Gasteiger partial charge in [-0.15, -0.1) is 0 Å². The SMILES string of the molecule is O=C(Nc1cc(CCCO)ccc1-c1ccccc1)O[C@H]1CN2CCC1CC2. The zero-order valence-electron chi connectivity index (χ0n) is 16.1. The Hall–Kier alpha value is -2.37. The fourth-order valence-corrected chi connectivity index (χ4v) is 4.32. The Balaban J connectivity index is 1.51. The Kier molecular flexibility index (Phi) is 5.93. The number of nitrogens with zero attached hydrogens (tertiary/aromatic N) is 1. The van der Waals surface area contributed by atoms with Gasteiger partial charge >= 0.3 is 6.09 Å². The molecule has 5 nitrogen and oxygen atoms in total. The summed E-state index contributed by atoms with van der Waals surface area (Å²) < 4.78 is 5.81. The summed E-state index contributed by atoms with van der Waals surface area (Å²) in [6.45, 7) is 3.25. The predicted molar refractivity (Wildman–Crippen MR) is 110 cm³/mol. The molecule has 3 aliphatic heterocycles. The van der Waals surface area contributed by atoms with Gasteiger partial charge in [0.2, 0.25) is 0 Å². The molecule has 2 aromatic carbocycles. The van der Waals surface area contributed by atoms with E-state index >= 15 is 0 Å². The van der Waals surface area contributed by atoms with Crippen LogP contribution in [-0.2, 0) is 11.2 Å². The molecule has 3 saturated heterocycles. The van der Waals surface area contributed by atoms with Gasteiger partial charge in [0.1, 0.15) is 6.10 Å². The maximum absolute atomic E-state index is 12.7. The third-order valence-electron chi connectivity index (χ3n) is 5.88. The lowest BCUT2D eigenvalue weighted by Gasteiger charge is -2.43. The van der Waals surface area contributed by atoms with Gasteiger partial charge in [0.15, 0.2) is 0 Å². The molecule has 0 spiro atoms. The minimum atomic E-state index is -0.379. The predicted octanol–water partition coefficient (Wildman–Crippen LogP) is 3.92. The highest BCUT2D eigenvalue weighted by atomic mass is 16.6. The zero-order chi connectivity index (χ0) is 19.3. The number of carbonyl (C=O) groups is 1. The minimum Gasteiger partial charge on any atom is -0.444 e. The third kappa shape index (κ3) is 4.37. The van der Waals surface area contributed by atoms with Crippen LogP contribution in [0.25, 0.3) is 11.1 Å². The molecule has 1 atom stereocenters. The van der Waals surface area contributed by atoms with Gasteiger partial charge in [0, 0.05) is 18.7 Å². The molecule has 5 rings (SSSR count). The van der Waals surface area contributed by atoms with Crippen molar-refractivity contribution in [1.82, 2.24) is 4.90 Å². The van der Waals surface area contributed by atoms with E-state index in [-0.39, 0.29) is 18.8 Å². The molecule has 3 heterocycles. The molecule has 2 aromatic rings. The molecule has 0 radical (unpaired) electrons. The molecular formula is C23H28N2O3.